The maximum atomic E-state index is 5.19. The van der Waals surface area contributed by atoms with Crippen molar-refractivity contribution in [2.24, 2.45) is 11.8 Å². The molecule has 3 rings (SSSR count). The highest BCUT2D eigenvalue weighted by atomic mass is 14.4. The first kappa shape index (κ1) is 14.2. The number of hydrogen-bond acceptors (Lipinski definition) is 0. The Kier molecular flexibility index (Phi) is 4.61. The lowest BCUT2D eigenvalue weighted by molar-refractivity contribution is 0.225. The average Bonchev–Trinajstić information content (AvgIpc) is 2.90. The minimum atomic E-state index is 0.824. The van der Waals surface area contributed by atoms with Crippen LogP contribution in [0.3, 0.4) is 0 Å². The molecule has 0 heteroatoms. The van der Waals surface area contributed by atoms with Gasteiger partial charge in [-0.3, -0.25) is 0 Å². The van der Waals surface area contributed by atoms with Gasteiger partial charge in [0.1, 0.15) is 0 Å². The number of rotatable bonds is 4. The zero-order chi connectivity index (χ0) is 14.5. The van der Waals surface area contributed by atoms with Crippen LogP contribution in [0.1, 0.15) is 49.1 Å². The normalized spacial score (nSPS) is 27.7. The van der Waals surface area contributed by atoms with Crippen molar-refractivity contribution in [2.75, 3.05) is 0 Å². The second-order valence-corrected chi connectivity index (χ2v) is 6.41. The SMILES string of the molecule is C#C/C=C\C=C/CC[C@@H]1CCC[C@H]2Cc3ccccc3[C@@H]12. The van der Waals surface area contributed by atoms with Gasteiger partial charge in [-0.2, -0.15) is 0 Å². The number of benzene rings is 1. The van der Waals surface area contributed by atoms with Crippen LogP contribution in [0.2, 0.25) is 0 Å². The molecule has 0 nitrogen and oxygen atoms in total. The van der Waals surface area contributed by atoms with Gasteiger partial charge in [0.05, 0.1) is 0 Å². The van der Waals surface area contributed by atoms with Crippen molar-refractivity contribution in [3.8, 4) is 12.3 Å². The monoisotopic (exact) mass is 276 g/mol. The van der Waals surface area contributed by atoms with Gasteiger partial charge < -0.3 is 0 Å². The van der Waals surface area contributed by atoms with Crippen LogP contribution in [0.5, 0.6) is 0 Å². The Hall–Kier alpha value is -1.74. The molecule has 1 aromatic rings. The molecule has 0 heterocycles. The number of hydrogen-bond donors (Lipinski definition) is 0. The Morgan fingerprint density at radius 1 is 1.19 bits per heavy atom. The molecule has 1 aromatic carbocycles. The first-order chi connectivity index (χ1) is 10.4. The Morgan fingerprint density at radius 3 is 3.00 bits per heavy atom. The van der Waals surface area contributed by atoms with Crippen LogP contribution in [-0.4, -0.2) is 0 Å². The van der Waals surface area contributed by atoms with E-state index in [1.54, 1.807) is 17.2 Å². The van der Waals surface area contributed by atoms with Gasteiger partial charge in [-0.1, -0.05) is 54.8 Å². The number of terminal acetylenes is 1. The fraction of sp³-hybridized carbons (Fsp3) is 0.429. The molecule has 0 unspecified atom stereocenters. The van der Waals surface area contributed by atoms with Gasteiger partial charge in [0.15, 0.2) is 0 Å². The summed E-state index contributed by atoms with van der Waals surface area (Å²) in [5.41, 5.74) is 3.27. The smallest absolute Gasteiger partial charge is 0.00993 e. The summed E-state index contributed by atoms with van der Waals surface area (Å²) in [6.07, 6.45) is 21.3. The van der Waals surface area contributed by atoms with Crippen molar-refractivity contribution in [1.82, 2.24) is 0 Å². The van der Waals surface area contributed by atoms with Gasteiger partial charge in [0.2, 0.25) is 0 Å². The molecule has 21 heavy (non-hydrogen) atoms. The first-order valence-electron chi connectivity index (χ1n) is 8.25. The average molecular weight is 276 g/mol. The van der Waals surface area contributed by atoms with E-state index in [0.717, 1.165) is 17.8 Å². The van der Waals surface area contributed by atoms with Crippen molar-refractivity contribution in [3.05, 3.63) is 59.7 Å². The van der Waals surface area contributed by atoms with E-state index in [0.29, 0.717) is 0 Å². The van der Waals surface area contributed by atoms with Crippen molar-refractivity contribution in [1.29, 1.82) is 0 Å². The van der Waals surface area contributed by atoms with Crippen LogP contribution < -0.4 is 0 Å². The predicted molar refractivity (Wildman–Crippen MR) is 90.1 cm³/mol. The first-order valence-corrected chi connectivity index (χ1v) is 8.25. The highest BCUT2D eigenvalue weighted by molar-refractivity contribution is 5.37. The Labute approximate surface area is 129 Å². The van der Waals surface area contributed by atoms with E-state index in [4.69, 9.17) is 6.42 Å². The van der Waals surface area contributed by atoms with Gasteiger partial charge in [0.25, 0.3) is 0 Å². The fourth-order valence-corrected chi connectivity index (χ4v) is 4.37. The largest absolute Gasteiger partial charge is 0.115 e. The van der Waals surface area contributed by atoms with Gasteiger partial charge in [-0.25, -0.2) is 0 Å². The third-order valence-corrected chi connectivity index (χ3v) is 5.21. The van der Waals surface area contributed by atoms with E-state index in [2.05, 4.69) is 42.3 Å². The summed E-state index contributed by atoms with van der Waals surface area (Å²) < 4.78 is 0. The highest BCUT2D eigenvalue weighted by Crippen LogP contribution is 2.50. The van der Waals surface area contributed by atoms with E-state index in [1.807, 2.05) is 6.08 Å². The number of fused-ring (bicyclic) bond motifs is 3. The zero-order valence-corrected chi connectivity index (χ0v) is 12.7. The molecular formula is C21H24. The Balaban J connectivity index is 1.65. The van der Waals surface area contributed by atoms with Gasteiger partial charge >= 0.3 is 0 Å². The predicted octanol–water partition coefficient (Wildman–Crippen LogP) is 5.27. The standard InChI is InChI=1S/C21H24/c1-2-3-4-5-6-7-11-17-13-10-14-19-16-18-12-8-9-15-20(18)21(17)19/h1,3-6,8-9,12,15,17,19,21H,7,10-11,13-14,16H2/b4-3-,6-5-/t17-,19+,21+/m1/s1. The third kappa shape index (κ3) is 3.13. The van der Waals surface area contributed by atoms with Gasteiger partial charge in [0, 0.05) is 0 Å². The van der Waals surface area contributed by atoms with E-state index >= 15 is 0 Å². The van der Waals surface area contributed by atoms with E-state index in [9.17, 15) is 0 Å². The fourth-order valence-electron chi connectivity index (χ4n) is 4.37. The maximum Gasteiger partial charge on any atom is -0.00993 e. The molecule has 1 fully saturated rings. The Morgan fingerprint density at radius 2 is 2.10 bits per heavy atom. The van der Waals surface area contributed by atoms with Crippen LogP contribution in [0.4, 0.5) is 0 Å². The molecule has 0 bridgehead atoms. The lowest BCUT2D eigenvalue weighted by atomic mass is 9.70. The van der Waals surface area contributed by atoms with Crippen molar-refractivity contribution in [3.63, 3.8) is 0 Å². The third-order valence-electron chi connectivity index (χ3n) is 5.21. The molecule has 2 aliphatic rings. The minimum absolute atomic E-state index is 0.824. The zero-order valence-electron chi connectivity index (χ0n) is 12.7. The van der Waals surface area contributed by atoms with Crippen LogP contribution in [0.15, 0.2) is 48.6 Å². The molecule has 0 N–H and O–H groups in total. The van der Waals surface area contributed by atoms with Crippen LogP contribution in [-0.2, 0) is 6.42 Å². The maximum absolute atomic E-state index is 5.19. The van der Waals surface area contributed by atoms with E-state index < -0.39 is 0 Å². The van der Waals surface area contributed by atoms with Gasteiger partial charge in [-0.05, 0) is 67.1 Å². The summed E-state index contributed by atoms with van der Waals surface area (Å²) in [5.74, 6) is 5.12. The van der Waals surface area contributed by atoms with Crippen molar-refractivity contribution >= 4 is 0 Å². The summed E-state index contributed by atoms with van der Waals surface area (Å²) in [4.78, 5) is 0. The number of allylic oxidation sites excluding steroid dienone is 4. The lowest BCUT2D eigenvalue weighted by Crippen LogP contribution is -2.23. The molecule has 0 radical (unpaired) electrons. The quantitative estimate of drug-likeness (QED) is 0.519. The molecular weight excluding hydrogens is 252 g/mol. The van der Waals surface area contributed by atoms with E-state index in [-0.39, 0.29) is 0 Å². The topological polar surface area (TPSA) is 0 Å². The summed E-state index contributed by atoms with van der Waals surface area (Å²) in [5, 5.41) is 0. The van der Waals surface area contributed by atoms with E-state index in [1.165, 1.54) is 38.5 Å². The molecule has 0 spiro atoms. The molecule has 0 saturated heterocycles. The molecule has 2 aliphatic carbocycles. The van der Waals surface area contributed by atoms with Crippen LogP contribution in [0, 0.1) is 24.2 Å². The summed E-state index contributed by atoms with van der Waals surface area (Å²) >= 11 is 0. The molecule has 1 saturated carbocycles. The minimum Gasteiger partial charge on any atom is -0.115 e. The highest BCUT2D eigenvalue weighted by Gasteiger charge is 2.39. The summed E-state index contributed by atoms with van der Waals surface area (Å²) in [7, 11) is 0. The molecule has 3 atom stereocenters. The molecule has 108 valence electrons. The second kappa shape index (κ2) is 6.81. The van der Waals surface area contributed by atoms with Crippen molar-refractivity contribution in [2.45, 2.75) is 44.4 Å². The summed E-state index contributed by atoms with van der Waals surface area (Å²) in [6, 6.07) is 9.14. The van der Waals surface area contributed by atoms with Gasteiger partial charge in [-0.15, -0.1) is 6.42 Å². The van der Waals surface area contributed by atoms with Crippen molar-refractivity contribution < 1.29 is 0 Å². The summed E-state index contributed by atoms with van der Waals surface area (Å²) in [6.45, 7) is 0. The van der Waals surface area contributed by atoms with Crippen LogP contribution >= 0.6 is 0 Å². The Bertz CT molecular complexity index is 570. The second-order valence-electron chi connectivity index (χ2n) is 6.41. The lowest BCUT2D eigenvalue weighted by Gasteiger charge is -2.34. The molecule has 0 aliphatic heterocycles. The van der Waals surface area contributed by atoms with Crippen LogP contribution in [0.25, 0.3) is 0 Å². The molecule has 0 aromatic heterocycles. The molecule has 0 amide bonds.